The molecule has 1 rings (SSSR count). The Morgan fingerprint density at radius 3 is 2.57 bits per heavy atom. The van der Waals surface area contributed by atoms with Gasteiger partial charge in [0.15, 0.2) is 0 Å². The summed E-state index contributed by atoms with van der Waals surface area (Å²) in [4.78, 5) is 34.1. The van der Waals surface area contributed by atoms with Crippen LogP contribution in [0.3, 0.4) is 0 Å². The first kappa shape index (κ1) is 16.7. The Labute approximate surface area is 123 Å². The number of anilines is 1. The molecule has 0 aromatic heterocycles. The van der Waals surface area contributed by atoms with Crippen molar-refractivity contribution in [1.29, 1.82) is 0 Å². The van der Waals surface area contributed by atoms with Crippen molar-refractivity contribution in [3.63, 3.8) is 0 Å². The summed E-state index contributed by atoms with van der Waals surface area (Å²) in [5.74, 6) is -2.76. The molecule has 0 fully saturated rings. The number of ether oxygens (including phenoxy) is 1. The van der Waals surface area contributed by atoms with Crippen LogP contribution in [-0.2, 0) is 14.3 Å². The van der Waals surface area contributed by atoms with E-state index in [2.05, 4.69) is 5.32 Å². The number of para-hydroxylation sites is 1. The molecule has 1 N–H and O–H groups in total. The maximum Gasteiger partial charge on any atom is 0.340 e. The van der Waals surface area contributed by atoms with Gasteiger partial charge in [0, 0.05) is 12.4 Å². The van der Waals surface area contributed by atoms with E-state index in [9.17, 15) is 19.5 Å². The van der Waals surface area contributed by atoms with Crippen LogP contribution < -0.4 is 10.4 Å². The van der Waals surface area contributed by atoms with Crippen molar-refractivity contribution in [3.8, 4) is 0 Å². The molecule has 21 heavy (non-hydrogen) atoms. The van der Waals surface area contributed by atoms with Crippen LogP contribution in [0.4, 0.5) is 5.69 Å². The van der Waals surface area contributed by atoms with Crippen molar-refractivity contribution in [2.75, 3.05) is 11.9 Å². The van der Waals surface area contributed by atoms with E-state index in [0.29, 0.717) is 5.69 Å². The van der Waals surface area contributed by atoms with Crippen molar-refractivity contribution < 1.29 is 24.2 Å². The third-order valence-corrected chi connectivity index (χ3v) is 2.90. The molecule has 0 saturated carbocycles. The lowest BCUT2D eigenvalue weighted by molar-refractivity contribution is -0.311. The number of hydrogen-bond donors (Lipinski definition) is 1. The van der Waals surface area contributed by atoms with Crippen molar-refractivity contribution >= 4 is 23.5 Å². The van der Waals surface area contributed by atoms with E-state index in [0.717, 1.165) is 0 Å². The maximum absolute atomic E-state index is 11.8. The molecule has 0 radical (unpaired) electrons. The van der Waals surface area contributed by atoms with Crippen LogP contribution in [0.25, 0.3) is 0 Å². The van der Waals surface area contributed by atoms with E-state index in [-0.39, 0.29) is 30.9 Å². The SMILES string of the molecule is CCOC(=O)c1ccccc1NC(=O)CCC(C)C(=O)[O-]. The van der Waals surface area contributed by atoms with Gasteiger partial charge in [-0.05, 0) is 31.4 Å². The largest absolute Gasteiger partial charge is 0.550 e. The van der Waals surface area contributed by atoms with Gasteiger partial charge in [-0.15, -0.1) is 0 Å². The summed E-state index contributed by atoms with van der Waals surface area (Å²) >= 11 is 0. The van der Waals surface area contributed by atoms with E-state index >= 15 is 0 Å². The first-order valence-electron chi connectivity index (χ1n) is 6.72. The van der Waals surface area contributed by atoms with Gasteiger partial charge in [0.05, 0.1) is 17.9 Å². The van der Waals surface area contributed by atoms with E-state index in [1.165, 1.54) is 6.92 Å². The van der Waals surface area contributed by atoms with Crippen LogP contribution in [0.15, 0.2) is 24.3 Å². The molecule has 1 aromatic carbocycles. The van der Waals surface area contributed by atoms with Crippen LogP contribution >= 0.6 is 0 Å². The van der Waals surface area contributed by atoms with Gasteiger partial charge < -0.3 is 20.0 Å². The highest BCUT2D eigenvalue weighted by molar-refractivity contribution is 6.01. The molecular weight excluding hydrogens is 274 g/mol. The maximum atomic E-state index is 11.8. The van der Waals surface area contributed by atoms with E-state index in [4.69, 9.17) is 4.74 Å². The van der Waals surface area contributed by atoms with Crippen LogP contribution in [0, 0.1) is 5.92 Å². The zero-order chi connectivity index (χ0) is 15.8. The number of carboxylic acids is 1. The third-order valence-electron chi connectivity index (χ3n) is 2.90. The lowest BCUT2D eigenvalue weighted by Crippen LogP contribution is -2.30. The summed E-state index contributed by atoms with van der Waals surface area (Å²) in [6.45, 7) is 3.42. The fourth-order valence-corrected chi connectivity index (χ4v) is 1.66. The molecule has 6 nitrogen and oxygen atoms in total. The summed E-state index contributed by atoms with van der Waals surface area (Å²) in [5, 5.41) is 13.2. The normalized spacial score (nSPS) is 11.5. The number of carboxylic acid groups (broad SMARTS) is 1. The zero-order valence-corrected chi connectivity index (χ0v) is 12.0. The molecule has 0 aliphatic carbocycles. The molecule has 1 amide bonds. The molecule has 0 heterocycles. The average molecular weight is 292 g/mol. The smallest absolute Gasteiger partial charge is 0.340 e. The monoisotopic (exact) mass is 292 g/mol. The van der Waals surface area contributed by atoms with Gasteiger partial charge in [0.25, 0.3) is 0 Å². The van der Waals surface area contributed by atoms with Gasteiger partial charge in [0.2, 0.25) is 5.91 Å². The summed E-state index contributed by atoms with van der Waals surface area (Å²) in [5.41, 5.74) is 0.614. The molecule has 0 aliphatic rings. The summed E-state index contributed by atoms with van der Waals surface area (Å²) in [6.07, 6.45) is 0.210. The van der Waals surface area contributed by atoms with Gasteiger partial charge in [0.1, 0.15) is 0 Å². The Hall–Kier alpha value is -2.37. The summed E-state index contributed by atoms with van der Waals surface area (Å²) in [6, 6.07) is 6.49. The molecule has 0 aliphatic heterocycles. The van der Waals surface area contributed by atoms with Crippen molar-refractivity contribution in [2.45, 2.75) is 26.7 Å². The lowest BCUT2D eigenvalue weighted by atomic mass is 10.1. The molecule has 0 bridgehead atoms. The van der Waals surface area contributed by atoms with E-state index in [1.54, 1.807) is 31.2 Å². The van der Waals surface area contributed by atoms with E-state index < -0.39 is 17.9 Å². The number of carbonyl (C=O) groups is 3. The van der Waals surface area contributed by atoms with Crippen molar-refractivity contribution in [3.05, 3.63) is 29.8 Å². The minimum atomic E-state index is -1.19. The quantitative estimate of drug-likeness (QED) is 0.755. The Morgan fingerprint density at radius 2 is 1.95 bits per heavy atom. The van der Waals surface area contributed by atoms with Crippen molar-refractivity contribution in [1.82, 2.24) is 0 Å². The van der Waals surface area contributed by atoms with Crippen molar-refractivity contribution in [2.24, 2.45) is 5.92 Å². The minimum absolute atomic E-state index is 0.0340. The predicted octanol–water partition coefficient (Wildman–Crippen LogP) is 0.968. The lowest BCUT2D eigenvalue weighted by Gasteiger charge is -2.13. The number of esters is 1. The van der Waals surface area contributed by atoms with Gasteiger partial charge in [-0.2, -0.15) is 0 Å². The first-order chi connectivity index (χ1) is 9.95. The molecule has 1 unspecified atom stereocenters. The Kier molecular flexibility index (Phi) is 6.39. The Bertz CT molecular complexity index is 527. The molecule has 114 valence electrons. The predicted molar refractivity (Wildman–Crippen MR) is 74.4 cm³/mol. The number of carbonyl (C=O) groups excluding carboxylic acids is 3. The third kappa shape index (κ3) is 5.25. The van der Waals surface area contributed by atoms with Crippen LogP contribution in [0.2, 0.25) is 0 Å². The molecular formula is C15H18NO5-. The fourth-order valence-electron chi connectivity index (χ4n) is 1.66. The number of hydrogen-bond acceptors (Lipinski definition) is 5. The zero-order valence-electron chi connectivity index (χ0n) is 12.0. The molecule has 1 aromatic rings. The molecule has 0 spiro atoms. The second-order valence-corrected chi connectivity index (χ2v) is 4.57. The summed E-state index contributed by atoms with van der Waals surface area (Å²) in [7, 11) is 0. The second kappa shape index (κ2) is 8.04. The molecule has 6 heteroatoms. The van der Waals surface area contributed by atoms with Gasteiger partial charge in [-0.25, -0.2) is 4.79 Å². The highest BCUT2D eigenvalue weighted by Gasteiger charge is 2.14. The minimum Gasteiger partial charge on any atom is -0.550 e. The van der Waals surface area contributed by atoms with Crippen LogP contribution in [0.1, 0.15) is 37.0 Å². The number of rotatable bonds is 7. The fraction of sp³-hybridized carbons (Fsp3) is 0.400. The van der Waals surface area contributed by atoms with Gasteiger partial charge in [-0.1, -0.05) is 19.1 Å². The molecule has 0 saturated heterocycles. The number of aliphatic carboxylic acids is 1. The topological polar surface area (TPSA) is 95.5 Å². The Morgan fingerprint density at radius 1 is 1.29 bits per heavy atom. The number of benzene rings is 1. The Balaban J connectivity index is 2.68. The number of nitrogens with one attached hydrogen (secondary N) is 1. The second-order valence-electron chi connectivity index (χ2n) is 4.57. The van der Waals surface area contributed by atoms with E-state index in [1.807, 2.05) is 0 Å². The van der Waals surface area contributed by atoms with Crippen LogP contribution in [0.5, 0.6) is 0 Å². The number of amides is 1. The molecule has 1 atom stereocenters. The van der Waals surface area contributed by atoms with Crippen LogP contribution in [-0.4, -0.2) is 24.5 Å². The van der Waals surface area contributed by atoms with Gasteiger partial charge >= 0.3 is 5.97 Å². The highest BCUT2D eigenvalue weighted by atomic mass is 16.5. The highest BCUT2D eigenvalue weighted by Crippen LogP contribution is 2.17. The average Bonchev–Trinajstić information content (AvgIpc) is 2.45. The standard InChI is InChI=1S/C15H19NO5/c1-3-21-15(20)11-6-4-5-7-12(11)16-13(17)9-8-10(2)14(18)19/h4-7,10H,3,8-9H2,1-2H3,(H,16,17)(H,18,19)/p-1. The first-order valence-corrected chi connectivity index (χ1v) is 6.72. The summed E-state index contributed by atoms with van der Waals surface area (Å²) < 4.78 is 4.90. The van der Waals surface area contributed by atoms with Gasteiger partial charge in [-0.3, -0.25) is 4.79 Å².